The maximum atomic E-state index is 12.1. The molecule has 3 aliphatic rings. The molecule has 15 heavy (non-hydrogen) atoms. The van der Waals surface area contributed by atoms with E-state index in [1.54, 1.807) is 0 Å². The molecular formula is C13H16O2. The Morgan fingerprint density at radius 2 is 2.40 bits per heavy atom. The lowest BCUT2D eigenvalue weighted by Gasteiger charge is -2.33. The molecule has 0 amide bonds. The Morgan fingerprint density at radius 3 is 3.20 bits per heavy atom. The van der Waals surface area contributed by atoms with Gasteiger partial charge in [-0.2, -0.15) is 0 Å². The number of allylic oxidation sites excluding steroid dienone is 3. The highest BCUT2D eigenvalue weighted by Gasteiger charge is 2.60. The molecular weight excluding hydrogens is 188 g/mol. The summed E-state index contributed by atoms with van der Waals surface area (Å²) < 4.78 is 5.26. The van der Waals surface area contributed by atoms with E-state index in [4.69, 9.17) is 4.74 Å². The number of hydrogen-bond acceptors (Lipinski definition) is 2. The van der Waals surface area contributed by atoms with Crippen LogP contribution in [0, 0.1) is 23.2 Å². The molecule has 0 heterocycles. The van der Waals surface area contributed by atoms with Gasteiger partial charge >= 0.3 is 5.97 Å². The van der Waals surface area contributed by atoms with Crippen molar-refractivity contribution in [3.05, 3.63) is 24.3 Å². The summed E-state index contributed by atoms with van der Waals surface area (Å²) in [6.07, 6.45) is 11.0. The van der Waals surface area contributed by atoms with Crippen molar-refractivity contribution in [2.24, 2.45) is 23.2 Å². The van der Waals surface area contributed by atoms with Crippen molar-refractivity contribution in [2.75, 3.05) is 6.61 Å². The number of ether oxygens (including phenoxy) is 1. The van der Waals surface area contributed by atoms with Crippen LogP contribution in [0.4, 0.5) is 0 Å². The van der Waals surface area contributed by atoms with Gasteiger partial charge in [0.25, 0.3) is 0 Å². The monoisotopic (exact) mass is 204 g/mol. The standard InChI is InChI=1S/C13H16O2/c1-2-15-12(14)13-7-3-4-11(13)9-5-6-10(13)8-9/h3,5-7,9-11H,2,4,8H2,1H3. The maximum absolute atomic E-state index is 12.1. The van der Waals surface area contributed by atoms with Crippen molar-refractivity contribution in [3.8, 4) is 0 Å². The SMILES string of the molecule is CCOC(=O)C12C=CCC1C1C=CC2C1. The van der Waals surface area contributed by atoms with Gasteiger partial charge in [-0.25, -0.2) is 0 Å². The number of rotatable bonds is 2. The molecule has 2 nitrogen and oxygen atoms in total. The molecule has 0 radical (unpaired) electrons. The van der Waals surface area contributed by atoms with Crippen LogP contribution in [0.1, 0.15) is 19.8 Å². The maximum Gasteiger partial charge on any atom is 0.316 e. The van der Waals surface area contributed by atoms with Crippen LogP contribution in [0.5, 0.6) is 0 Å². The summed E-state index contributed by atoms with van der Waals surface area (Å²) in [4.78, 5) is 12.1. The minimum Gasteiger partial charge on any atom is -0.465 e. The second-order valence-corrected chi connectivity index (χ2v) is 4.79. The lowest BCUT2D eigenvalue weighted by Crippen LogP contribution is -2.39. The van der Waals surface area contributed by atoms with Crippen LogP contribution in [0.2, 0.25) is 0 Å². The third kappa shape index (κ3) is 0.973. The van der Waals surface area contributed by atoms with Gasteiger partial charge in [-0.3, -0.25) is 4.79 Å². The van der Waals surface area contributed by atoms with Crippen LogP contribution in [0.3, 0.4) is 0 Å². The van der Waals surface area contributed by atoms with Gasteiger partial charge in [-0.05, 0) is 37.5 Å². The topological polar surface area (TPSA) is 26.3 Å². The van der Waals surface area contributed by atoms with Gasteiger partial charge in [0.05, 0.1) is 12.0 Å². The van der Waals surface area contributed by atoms with Crippen LogP contribution in [0.15, 0.2) is 24.3 Å². The van der Waals surface area contributed by atoms with Crippen LogP contribution >= 0.6 is 0 Å². The van der Waals surface area contributed by atoms with E-state index in [2.05, 4.69) is 24.3 Å². The van der Waals surface area contributed by atoms with Gasteiger partial charge < -0.3 is 4.74 Å². The minimum atomic E-state index is -0.296. The third-order valence-corrected chi connectivity index (χ3v) is 4.27. The smallest absolute Gasteiger partial charge is 0.316 e. The second-order valence-electron chi connectivity index (χ2n) is 4.79. The fraction of sp³-hybridized carbons (Fsp3) is 0.615. The summed E-state index contributed by atoms with van der Waals surface area (Å²) in [6, 6.07) is 0. The first kappa shape index (κ1) is 9.20. The fourth-order valence-corrected chi connectivity index (χ4v) is 3.66. The molecule has 1 saturated carbocycles. The summed E-state index contributed by atoms with van der Waals surface area (Å²) in [5.41, 5.74) is -0.296. The normalized spacial score (nSPS) is 44.7. The molecule has 2 heteroatoms. The summed E-state index contributed by atoms with van der Waals surface area (Å²) in [6.45, 7) is 2.37. The minimum absolute atomic E-state index is 0.000556. The van der Waals surface area contributed by atoms with Gasteiger partial charge in [0.2, 0.25) is 0 Å². The summed E-state index contributed by atoms with van der Waals surface area (Å²) in [5.74, 6) is 1.48. The fourth-order valence-electron chi connectivity index (χ4n) is 3.66. The van der Waals surface area contributed by atoms with E-state index >= 15 is 0 Å². The van der Waals surface area contributed by atoms with E-state index in [-0.39, 0.29) is 11.4 Å². The molecule has 0 aromatic carbocycles. The zero-order valence-corrected chi connectivity index (χ0v) is 8.98. The molecule has 0 aromatic rings. The highest BCUT2D eigenvalue weighted by atomic mass is 16.5. The molecule has 3 rings (SSSR count). The molecule has 80 valence electrons. The van der Waals surface area contributed by atoms with Crippen molar-refractivity contribution in [1.82, 2.24) is 0 Å². The molecule has 0 spiro atoms. The number of carbonyl (C=O) groups is 1. The average Bonchev–Trinajstić information content (AvgIpc) is 2.90. The molecule has 0 aromatic heterocycles. The van der Waals surface area contributed by atoms with Gasteiger partial charge in [0.1, 0.15) is 0 Å². The molecule has 2 bridgehead atoms. The van der Waals surface area contributed by atoms with Crippen LogP contribution < -0.4 is 0 Å². The number of hydrogen-bond donors (Lipinski definition) is 0. The zero-order valence-electron chi connectivity index (χ0n) is 8.98. The lowest BCUT2D eigenvalue weighted by molar-refractivity contribution is -0.155. The van der Waals surface area contributed by atoms with Crippen molar-refractivity contribution < 1.29 is 9.53 Å². The molecule has 4 atom stereocenters. The van der Waals surface area contributed by atoms with E-state index < -0.39 is 0 Å². The quantitative estimate of drug-likeness (QED) is 0.509. The Morgan fingerprint density at radius 1 is 1.53 bits per heavy atom. The molecule has 3 aliphatic carbocycles. The predicted octanol–water partition coefficient (Wildman–Crippen LogP) is 2.32. The molecule has 4 unspecified atom stereocenters. The van der Waals surface area contributed by atoms with E-state index in [0.717, 1.165) is 12.8 Å². The van der Waals surface area contributed by atoms with Crippen LogP contribution in [-0.2, 0) is 9.53 Å². The molecule has 0 saturated heterocycles. The third-order valence-electron chi connectivity index (χ3n) is 4.27. The van der Waals surface area contributed by atoms with Gasteiger partial charge in [-0.1, -0.05) is 24.3 Å². The average molecular weight is 204 g/mol. The van der Waals surface area contributed by atoms with E-state index in [0.29, 0.717) is 24.4 Å². The number of esters is 1. The van der Waals surface area contributed by atoms with Crippen LogP contribution in [0.25, 0.3) is 0 Å². The van der Waals surface area contributed by atoms with E-state index in [1.165, 1.54) is 0 Å². The first-order valence-corrected chi connectivity index (χ1v) is 5.82. The van der Waals surface area contributed by atoms with Gasteiger partial charge in [0.15, 0.2) is 0 Å². The second kappa shape index (κ2) is 2.97. The van der Waals surface area contributed by atoms with Gasteiger partial charge in [0, 0.05) is 0 Å². The Labute approximate surface area is 90.0 Å². The zero-order chi connectivity index (χ0) is 10.5. The summed E-state index contributed by atoms with van der Waals surface area (Å²) >= 11 is 0. The Hall–Kier alpha value is -1.05. The van der Waals surface area contributed by atoms with Crippen LogP contribution in [-0.4, -0.2) is 12.6 Å². The number of fused-ring (bicyclic) bond motifs is 5. The van der Waals surface area contributed by atoms with Crippen molar-refractivity contribution in [2.45, 2.75) is 19.8 Å². The largest absolute Gasteiger partial charge is 0.465 e. The Balaban J connectivity index is 1.98. The lowest BCUT2D eigenvalue weighted by atomic mass is 9.71. The van der Waals surface area contributed by atoms with Crippen molar-refractivity contribution in [3.63, 3.8) is 0 Å². The summed E-state index contributed by atoms with van der Waals surface area (Å²) in [7, 11) is 0. The summed E-state index contributed by atoms with van der Waals surface area (Å²) in [5, 5.41) is 0. The van der Waals surface area contributed by atoms with E-state index in [9.17, 15) is 4.79 Å². The predicted molar refractivity (Wildman–Crippen MR) is 57.1 cm³/mol. The molecule has 0 N–H and O–H groups in total. The molecule has 1 fully saturated rings. The molecule has 0 aliphatic heterocycles. The van der Waals surface area contributed by atoms with Crippen molar-refractivity contribution in [1.29, 1.82) is 0 Å². The Bertz CT molecular complexity index is 356. The Kier molecular flexibility index (Phi) is 1.82. The van der Waals surface area contributed by atoms with E-state index in [1.807, 2.05) is 6.92 Å². The highest BCUT2D eigenvalue weighted by Crippen LogP contribution is 2.61. The number of carbonyl (C=O) groups excluding carboxylic acids is 1. The van der Waals surface area contributed by atoms with Crippen molar-refractivity contribution >= 4 is 5.97 Å². The highest BCUT2D eigenvalue weighted by molar-refractivity contribution is 5.82. The first-order chi connectivity index (χ1) is 7.29. The van der Waals surface area contributed by atoms with Gasteiger partial charge in [-0.15, -0.1) is 0 Å². The first-order valence-electron chi connectivity index (χ1n) is 5.82.